The van der Waals surface area contributed by atoms with Gasteiger partial charge >= 0.3 is 5.97 Å². The van der Waals surface area contributed by atoms with E-state index < -0.39 is 5.97 Å². The van der Waals surface area contributed by atoms with Crippen molar-refractivity contribution in [3.05, 3.63) is 22.5 Å². The van der Waals surface area contributed by atoms with E-state index in [-0.39, 0.29) is 17.7 Å². The molecule has 0 bridgehead atoms. The van der Waals surface area contributed by atoms with E-state index in [4.69, 9.17) is 4.74 Å². The lowest BCUT2D eigenvalue weighted by Crippen LogP contribution is -2.45. The number of piperidine rings is 2. The monoisotopic (exact) mass is 417 g/mol. The van der Waals surface area contributed by atoms with Gasteiger partial charge in [-0.15, -0.1) is 0 Å². The minimum atomic E-state index is -0.397. The largest absolute Gasteiger partial charge is 0.462 e. The average molecular weight is 418 g/mol. The molecule has 0 radical (unpaired) electrons. The maximum atomic E-state index is 13.1. The number of likely N-dealkylation sites (tertiary alicyclic amines) is 2. The molecule has 2 saturated heterocycles. The molecule has 0 aliphatic carbocycles. The van der Waals surface area contributed by atoms with Crippen molar-refractivity contribution >= 4 is 17.8 Å². The van der Waals surface area contributed by atoms with Crippen LogP contribution in [0.3, 0.4) is 0 Å². The molecule has 1 N–H and O–H groups in total. The van der Waals surface area contributed by atoms with Gasteiger partial charge in [0.2, 0.25) is 5.91 Å². The molecular formula is C23H35N3O4. The van der Waals surface area contributed by atoms with Crippen molar-refractivity contribution in [2.24, 2.45) is 11.8 Å². The van der Waals surface area contributed by atoms with Gasteiger partial charge < -0.3 is 19.5 Å². The summed E-state index contributed by atoms with van der Waals surface area (Å²) >= 11 is 0. The fourth-order valence-corrected chi connectivity index (χ4v) is 4.84. The number of ether oxygens (including phenoxy) is 1. The van der Waals surface area contributed by atoms with Crippen LogP contribution in [0.4, 0.5) is 0 Å². The average Bonchev–Trinajstić information content (AvgIpc) is 3.07. The van der Waals surface area contributed by atoms with Crippen LogP contribution < -0.4 is 0 Å². The quantitative estimate of drug-likeness (QED) is 0.745. The van der Waals surface area contributed by atoms with Crippen LogP contribution in [0.2, 0.25) is 0 Å². The highest BCUT2D eigenvalue weighted by Gasteiger charge is 2.34. The van der Waals surface area contributed by atoms with Crippen LogP contribution in [0.15, 0.2) is 0 Å². The number of rotatable bonds is 5. The zero-order valence-electron chi connectivity index (χ0n) is 18.8. The molecule has 0 spiro atoms. The van der Waals surface area contributed by atoms with Crippen LogP contribution >= 0.6 is 0 Å². The molecule has 30 heavy (non-hydrogen) atoms. The third-order valence-corrected chi connectivity index (χ3v) is 6.72. The molecule has 7 nitrogen and oxygen atoms in total. The molecule has 2 fully saturated rings. The van der Waals surface area contributed by atoms with E-state index >= 15 is 0 Å². The first-order chi connectivity index (χ1) is 14.3. The molecular weight excluding hydrogens is 382 g/mol. The maximum absolute atomic E-state index is 13.1. The molecule has 1 aromatic rings. The maximum Gasteiger partial charge on any atom is 0.340 e. The predicted octanol–water partition coefficient (Wildman–Crippen LogP) is 3.31. The number of H-pyrrole nitrogens is 1. The molecule has 0 saturated carbocycles. The van der Waals surface area contributed by atoms with E-state index in [1.54, 1.807) is 20.8 Å². The number of esters is 1. The molecule has 1 unspecified atom stereocenters. The second-order valence-electron chi connectivity index (χ2n) is 8.65. The first-order valence-corrected chi connectivity index (χ1v) is 11.3. The Kier molecular flexibility index (Phi) is 7.21. The van der Waals surface area contributed by atoms with E-state index in [0.717, 1.165) is 38.8 Å². The fourth-order valence-electron chi connectivity index (χ4n) is 4.84. The summed E-state index contributed by atoms with van der Waals surface area (Å²) in [6.07, 6.45) is 5.09. The van der Waals surface area contributed by atoms with Gasteiger partial charge in [0.15, 0.2) is 0 Å². The van der Waals surface area contributed by atoms with Crippen LogP contribution in [-0.2, 0) is 9.53 Å². The molecule has 3 rings (SSSR count). The molecule has 1 aromatic heterocycles. The SMILES string of the molecule is CCOC(=O)c1c(C)[nH]c(C(=O)N2CCC(C(C)C(=O)N3CCCCC3)CC2)c1C. The summed E-state index contributed by atoms with van der Waals surface area (Å²) in [7, 11) is 0. The number of nitrogens with one attached hydrogen (secondary N) is 1. The van der Waals surface area contributed by atoms with Gasteiger partial charge in [0.05, 0.1) is 12.2 Å². The minimum Gasteiger partial charge on any atom is -0.462 e. The van der Waals surface area contributed by atoms with Gasteiger partial charge in [0.25, 0.3) is 5.91 Å². The number of carbonyl (C=O) groups excluding carboxylic acids is 3. The Bertz CT molecular complexity index is 787. The van der Waals surface area contributed by atoms with Crippen molar-refractivity contribution in [2.45, 2.75) is 59.8 Å². The number of aromatic amines is 1. The lowest BCUT2D eigenvalue weighted by Gasteiger charge is -2.37. The Morgan fingerprint density at radius 3 is 2.27 bits per heavy atom. The summed E-state index contributed by atoms with van der Waals surface area (Å²) in [5, 5.41) is 0. The Morgan fingerprint density at radius 1 is 1.03 bits per heavy atom. The topological polar surface area (TPSA) is 82.7 Å². The molecule has 7 heteroatoms. The number of nitrogens with zero attached hydrogens (tertiary/aromatic N) is 2. The Labute approximate surface area is 179 Å². The summed E-state index contributed by atoms with van der Waals surface area (Å²) in [4.78, 5) is 45.1. The Hall–Kier alpha value is -2.31. The van der Waals surface area contributed by atoms with E-state index in [2.05, 4.69) is 4.98 Å². The highest BCUT2D eigenvalue weighted by atomic mass is 16.5. The number of carbonyl (C=O) groups is 3. The lowest BCUT2D eigenvalue weighted by molar-refractivity contribution is -0.138. The molecule has 2 aliphatic heterocycles. The number of amides is 2. The first kappa shape index (κ1) is 22.4. The van der Waals surface area contributed by atoms with Crippen molar-refractivity contribution in [1.29, 1.82) is 0 Å². The predicted molar refractivity (Wildman–Crippen MR) is 114 cm³/mol. The second kappa shape index (κ2) is 9.67. The van der Waals surface area contributed by atoms with Crippen LogP contribution in [0, 0.1) is 25.7 Å². The minimum absolute atomic E-state index is 0.00485. The Balaban J connectivity index is 1.61. The van der Waals surface area contributed by atoms with Crippen molar-refractivity contribution in [3.8, 4) is 0 Å². The normalized spacial score (nSPS) is 18.9. The van der Waals surface area contributed by atoms with Crippen LogP contribution in [0.5, 0.6) is 0 Å². The molecule has 0 aromatic carbocycles. The Morgan fingerprint density at radius 2 is 1.67 bits per heavy atom. The van der Waals surface area contributed by atoms with Crippen LogP contribution in [0.25, 0.3) is 0 Å². The molecule has 166 valence electrons. The number of hydrogen-bond acceptors (Lipinski definition) is 4. The van der Waals surface area contributed by atoms with Crippen molar-refractivity contribution < 1.29 is 19.1 Å². The van der Waals surface area contributed by atoms with Gasteiger partial charge in [-0.2, -0.15) is 0 Å². The lowest BCUT2D eigenvalue weighted by atomic mass is 9.84. The molecule has 2 amide bonds. The zero-order chi connectivity index (χ0) is 21.8. The summed E-state index contributed by atoms with van der Waals surface area (Å²) in [5.74, 6) is 0.107. The van der Waals surface area contributed by atoms with Gasteiger partial charge in [-0.05, 0) is 64.4 Å². The summed E-state index contributed by atoms with van der Waals surface area (Å²) < 4.78 is 5.12. The smallest absolute Gasteiger partial charge is 0.340 e. The third-order valence-electron chi connectivity index (χ3n) is 6.72. The van der Waals surface area contributed by atoms with Crippen molar-refractivity contribution in [1.82, 2.24) is 14.8 Å². The van der Waals surface area contributed by atoms with Crippen LogP contribution in [-0.4, -0.2) is 65.4 Å². The number of aromatic nitrogens is 1. The second-order valence-corrected chi connectivity index (χ2v) is 8.65. The molecule has 3 heterocycles. The summed E-state index contributed by atoms with van der Waals surface area (Å²) in [6, 6.07) is 0. The van der Waals surface area contributed by atoms with Gasteiger partial charge in [-0.3, -0.25) is 9.59 Å². The van der Waals surface area contributed by atoms with Crippen molar-refractivity contribution in [3.63, 3.8) is 0 Å². The summed E-state index contributed by atoms with van der Waals surface area (Å²) in [6.45, 7) is 10.7. The first-order valence-electron chi connectivity index (χ1n) is 11.3. The van der Waals surface area contributed by atoms with Crippen LogP contribution in [0.1, 0.15) is 78.1 Å². The zero-order valence-corrected chi connectivity index (χ0v) is 18.8. The highest BCUT2D eigenvalue weighted by Crippen LogP contribution is 2.29. The van der Waals surface area contributed by atoms with Gasteiger partial charge in [0.1, 0.15) is 5.69 Å². The standard InChI is InChI=1S/C23H35N3O4/c1-5-30-23(29)19-16(3)20(24-17(19)4)22(28)26-13-9-18(10-14-26)15(2)21(27)25-11-7-6-8-12-25/h15,18,24H,5-14H2,1-4H3. The fraction of sp³-hybridized carbons (Fsp3) is 0.696. The van der Waals surface area contributed by atoms with E-state index in [0.29, 0.717) is 48.1 Å². The van der Waals surface area contributed by atoms with E-state index in [1.807, 2.05) is 16.7 Å². The van der Waals surface area contributed by atoms with E-state index in [9.17, 15) is 14.4 Å². The molecule has 2 aliphatic rings. The van der Waals surface area contributed by atoms with E-state index in [1.165, 1.54) is 6.42 Å². The van der Waals surface area contributed by atoms with Gasteiger partial charge in [-0.25, -0.2) is 4.79 Å². The van der Waals surface area contributed by atoms with Gasteiger partial charge in [0, 0.05) is 37.8 Å². The van der Waals surface area contributed by atoms with Crippen molar-refractivity contribution in [2.75, 3.05) is 32.8 Å². The number of hydrogen-bond donors (Lipinski definition) is 1. The highest BCUT2D eigenvalue weighted by molar-refractivity contribution is 6.00. The van der Waals surface area contributed by atoms with Gasteiger partial charge in [-0.1, -0.05) is 6.92 Å². The molecule has 1 atom stereocenters. The third kappa shape index (κ3) is 4.55. The number of aryl methyl sites for hydroxylation is 1. The summed E-state index contributed by atoms with van der Waals surface area (Å²) in [5.41, 5.74) is 2.22.